The second-order valence-electron chi connectivity index (χ2n) is 5.02. The summed E-state index contributed by atoms with van der Waals surface area (Å²) in [4.78, 5) is 0. The van der Waals surface area contributed by atoms with Crippen LogP contribution in [0.4, 0.5) is 0 Å². The molecule has 0 aromatic heterocycles. The molecule has 0 aromatic carbocycles. The van der Waals surface area contributed by atoms with Gasteiger partial charge in [-0.3, -0.25) is 0 Å². The van der Waals surface area contributed by atoms with Crippen molar-refractivity contribution < 1.29 is 29.5 Å². The Labute approximate surface area is 121 Å². The van der Waals surface area contributed by atoms with E-state index in [9.17, 15) is 10.2 Å². The average molecular weight is 294 g/mol. The molecule has 3 N–H and O–H groups in total. The van der Waals surface area contributed by atoms with Gasteiger partial charge in [0, 0.05) is 20.1 Å². The van der Waals surface area contributed by atoms with Crippen molar-refractivity contribution in [3.63, 3.8) is 0 Å². The van der Waals surface area contributed by atoms with Gasteiger partial charge >= 0.3 is 0 Å². The summed E-state index contributed by atoms with van der Waals surface area (Å²) in [6, 6.07) is 0. The average Bonchev–Trinajstić information content (AvgIpc) is 2.40. The van der Waals surface area contributed by atoms with E-state index in [1.54, 1.807) is 6.92 Å². The lowest BCUT2D eigenvalue weighted by atomic mass is 10.0. The van der Waals surface area contributed by atoms with Gasteiger partial charge in [-0.2, -0.15) is 0 Å². The van der Waals surface area contributed by atoms with Crippen LogP contribution in [0.1, 0.15) is 33.6 Å². The first-order valence-electron chi connectivity index (χ1n) is 7.19. The summed E-state index contributed by atoms with van der Waals surface area (Å²) in [5.41, 5.74) is 0. The molecule has 20 heavy (non-hydrogen) atoms. The van der Waals surface area contributed by atoms with Crippen LogP contribution in [-0.2, 0) is 14.2 Å². The van der Waals surface area contributed by atoms with Crippen LogP contribution in [0.2, 0.25) is 0 Å². The van der Waals surface area contributed by atoms with Crippen LogP contribution in [0.25, 0.3) is 0 Å². The quantitative estimate of drug-likeness (QED) is 0.455. The van der Waals surface area contributed by atoms with Gasteiger partial charge < -0.3 is 29.5 Å². The molecule has 0 saturated carbocycles. The van der Waals surface area contributed by atoms with Crippen molar-refractivity contribution in [3.8, 4) is 0 Å². The van der Waals surface area contributed by atoms with Gasteiger partial charge in [0.2, 0.25) is 0 Å². The van der Waals surface area contributed by atoms with Gasteiger partial charge in [0.15, 0.2) is 6.29 Å². The molecular formula is C14H30O6. The third kappa shape index (κ3) is 8.14. The first kappa shape index (κ1) is 19.8. The number of rotatable bonds is 12. The summed E-state index contributed by atoms with van der Waals surface area (Å²) >= 11 is 0. The lowest BCUT2D eigenvalue weighted by Crippen LogP contribution is -2.33. The van der Waals surface area contributed by atoms with Gasteiger partial charge in [0.25, 0.3) is 0 Å². The van der Waals surface area contributed by atoms with Crippen molar-refractivity contribution in [2.75, 3.05) is 26.9 Å². The third-order valence-corrected chi connectivity index (χ3v) is 3.37. The molecule has 0 bridgehead atoms. The number of hydrogen-bond acceptors (Lipinski definition) is 6. The molecule has 0 radical (unpaired) electrons. The van der Waals surface area contributed by atoms with Crippen molar-refractivity contribution in [1.29, 1.82) is 0 Å². The number of aliphatic hydroxyl groups excluding tert-OH is 3. The summed E-state index contributed by atoms with van der Waals surface area (Å²) in [6.45, 7) is 6.15. The maximum absolute atomic E-state index is 9.78. The number of aliphatic hydroxyl groups is 3. The third-order valence-electron chi connectivity index (χ3n) is 3.37. The Hall–Kier alpha value is -0.240. The van der Waals surface area contributed by atoms with E-state index < -0.39 is 24.6 Å². The number of methoxy groups -OCH3 is 1. The first-order chi connectivity index (χ1) is 9.46. The Balaban J connectivity index is 4.08. The van der Waals surface area contributed by atoms with Crippen molar-refractivity contribution in [3.05, 3.63) is 0 Å². The topological polar surface area (TPSA) is 88.4 Å². The van der Waals surface area contributed by atoms with Gasteiger partial charge in [-0.25, -0.2) is 0 Å². The maximum Gasteiger partial charge on any atom is 0.157 e. The smallest absolute Gasteiger partial charge is 0.157 e. The highest BCUT2D eigenvalue weighted by atomic mass is 16.7. The molecule has 0 heterocycles. The second kappa shape index (κ2) is 11.4. The molecular weight excluding hydrogens is 264 g/mol. The van der Waals surface area contributed by atoms with Gasteiger partial charge in [0.05, 0.1) is 25.4 Å². The van der Waals surface area contributed by atoms with Gasteiger partial charge in [0.1, 0.15) is 6.10 Å². The van der Waals surface area contributed by atoms with E-state index >= 15 is 0 Å². The fourth-order valence-electron chi connectivity index (χ4n) is 1.73. The molecule has 0 spiro atoms. The van der Waals surface area contributed by atoms with Crippen LogP contribution in [-0.4, -0.2) is 66.9 Å². The lowest BCUT2D eigenvalue weighted by Gasteiger charge is -2.24. The summed E-state index contributed by atoms with van der Waals surface area (Å²) in [6.07, 6.45) is -1.24. The van der Waals surface area contributed by atoms with E-state index in [-0.39, 0.29) is 12.5 Å². The monoisotopic (exact) mass is 294 g/mol. The Morgan fingerprint density at radius 2 is 1.75 bits per heavy atom. The van der Waals surface area contributed by atoms with E-state index in [2.05, 4.69) is 0 Å². The van der Waals surface area contributed by atoms with Crippen molar-refractivity contribution in [1.82, 2.24) is 0 Å². The number of ether oxygens (including phenoxy) is 3. The summed E-state index contributed by atoms with van der Waals surface area (Å²) in [5, 5.41) is 28.3. The largest absolute Gasteiger partial charge is 0.394 e. The molecule has 0 aliphatic heterocycles. The van der Waals surface area contributed by atoms with Crippen molar-refractivity contribution >= 4 is 0 Å². The zero-order valence-corrected chi connectivity index (χ0v) is 13.0. The minimum atomic E-state index is -0.776. The van der Waals surface area contributed by atoms with Crippen LogP contribution >= 0.6 is 0 Å². The minimum absolute atomic E-state index is 0.0700. The van der Waals surface area contributed by atoms with Gasteiger partial charge in [-0.1, -0.05) is 6.92 Å². The Bertz CT molecular complexity index is 220. The predicted octanol–water partition coefficient (Wildman–Crippen LogP) is 0.531. The van der Waals surface area contributed by atoms with Crippen molar-refractivity contribution in [2.45, 2.75) is 58.2 Å². The fourth-order valence-corrected chi connectivity index (χ4v) is 1.73. The standard InChI is InChI=1S/C14H30O6/c1-5-19-14(8-10(2)11(3)16)20-7-6-12(17)13(9-15)18-4/h10-17H,5-9H2,1-4H3/t10?,11-,12?,13-,14?/m1/s1. The van der Waals surface area contributed by atoms with E-state index in [1.807, 2.05) is 13.8 Å². The highest BCUT2D eigenvalue weighted by Crippen LogP contribution is 2.15. The highest BCUT2D eigenvalue weighted by Gasteiger charge is 2.20. The number of hydrogen-bond donors (Lipinski definition) is 3. The van der Waals surface area contributed by atoms with Crippen LogP contribution in [0.15, 0.2) is 0 Å². The molecule has 0 rings (SSSR count). The van der Waals surface area contributed by atoms with Crippen LogP contribution < -0.4 is 0 Å². The van der Waals surface area contributed by atoms with Gasteiger partial charge in [-0.05, 0) is 26.2 Å². The zero-order chi connectivity index (χ0) is 15.5. The SMILES string of the molecule is CCOC(CC(C)[C@@H](C)O)OCCC(O)[C@@H](CO)OC. The molecule has 3 unspecified atom stereocenters. The van der Waals surface area contributed by atoms with E-state index in [4.69, 9.17) is 19.3 Å². The zero-order valence-electron chi connectivity index (χ0n) is 13.0. The summed E-state index contributed by atoms with van der Waals surface area (Å²) in [5.74, 6) is 0.0700. The maximum atomic E-state index is 9.78. The normalized spacial score (nSPS) is 19.4. The van der Waals surface area contributed by atoms with Crippen molar-refractivity contribution in [2.24, 2.45) is 5.92 Å². The molecule has 6 nitrogen and oxygen atoms in total. The molecule has 0 amide bonds. The Morgan fingerprint density at radius 1 is 1.10 bits per heavy atom. The Kier molecular flexibility index (Phi) is 11.3. The molecule has 0 fully saturated rings. The van der Waals surface area contributed by atoms with Gasteiger partial charge in [-0.15, -0.1) is 0 Å². The molecule has 0 saturated heterocycles. The second-order valence-corrected chi connectivity index (χ2v) is 5.02. The fraction of sp³-hybridized carbons (Fsp3) is 1.00. The molecule has 5 atom stereocenters. The molecule has 0 aliphatic rings. The van der Waals surface area contributed by atoms with E-state index in [0.717, 1.165) is 0 Å². The van der Waals surface area contributed by atoms with Crippen LogP contribution in [0.3, 0.4) is 0 Å². The lowest BCUT2D eigenvalue weighted by molar-refractivity contribution is -0.160. The molecule has 0 aromatic rings. The van der Waals surface area contributed by atoms with Crippen LogP contribution in [0, 0.1) is 5.92 Å². The Morgan fingerprint density at radius 3 is 2.20 bits per heavy atom. The molecule has 122 valence electrons. The summed E-state index contributed by atoms with van der Waals surface area (Å²) in [7, 11) is 1.44. The van der Waals surface area contributed by atoms with Crippen LogP contribution in [0.5, 0.6) is 0 Å². The predicted molar refractivity (Wildman–Crippen MR) is 75.3 cm³/mol. The van der Waals surface area contributed by atoms with E-state index in [0.29, 0.717) is 26.1 Å². The highest BCUT2D eigenvalue weighted by molar-refractivity contribution is 4.68. The molecule has 6 heteroatoms. The first-order valence-corrected chi connectivity index (χ1v) is 7.19. The molecule has 0 aliphatic carbocycles. The van der Waals surface area contributed by atoms with E-state index in [1.165, 1.54) is 7.11 Å². The summed E-state index contributed by atoms with van der Waals surface area (Å²) < 4.78 is 16.0. The minimum Gasteiger partial charge on any atom is -0.394 e.